The molecule has 28 heavy (non-hydrogen) atoms. The number of non-ortho nitro benzene ring substituents is 1. The van der Waals surface area contributed by atoms with E-state index >= 15 is 0 Å². The van der Waals surface area contributed by atoms with Crippen molar-refractivity contribution in [2.75, 3.05) is 23.7 Å². The lowest BCUT2D eigenvalue weighted by atomic mass is 10.1. The number of quaternary nitrogens is 1. The molecule has 2 aromatic rings. The third kappa shape index (κ3) is 5.88. The molecule has 0 aliphatic heterocycles. The standard InChI is InChI=1S/C20H24N4O4/c1-4-23(14(2)16-6-5-7-19(12-16)24(27)28)13-20(26)22-18-10-8-17(9-11-18)21-15(3)25/h5-12,14H,4,13H2,1-3H3,(H,21,25)(H,22,26)/p+1/t14-/m0/s1. The summed E-state index contributed by atoms with van der Waals surface area (Å²) in [7, 11) is 0. The lowest BCUT2D eigenvalue weighted by Gasteiger charge is -2.24. The molecule has 1 unspecified atom stereocenters. The summed E-state index contributed by atoms with van der Waals surface area (Å²) in [5, 5.41) is 16.5. The van der Waals surface area contributed by atoms with Gasteiger partial charge in [0.1, 0.15) is 6.04 Å². The summed E-state index contributed by atoms with van der Waals surface area (Å²) in [5.41, 5.74) is 2.16. The van der Waals surface area contributed by atoms with Crippen molar-refractivity contribution in [1.82, 2.24) is 0 Å². The molecule has 0 fully saturated rings. The van der Waals surface area contributed by atoms with Crippen LogP contribution in [0.15, 0.2) is 48.5 Å². The van der Waals surface area contributed by atoms with E-state index in [4.69, 9.17) is 0 Å². The van der Waals surface area contributed by atoms with Crippen molar-refractivity contribution in [2.45, 2.75) is 26.8 Å². The van der Waals surface area contributed by atoms with Crippen LogP contribution in [0.25, 0.3) is 0 Å². The number of nitrogens with zero attached hydrogens (tertiary/aromatic N) is 1. The van der Waals surface area contributed by atoms with E-state index in [-0.39, 0.29) is 30.1 Å². The Morgan fingerprint density at radius 1 is 1.11 bits per heavy atom. The Kier molecular flexibility index (Phi) is 7.22. The van der Waals surface area contributed by atoms with Crippen molar-refractivity contribution in [3.63, 3.8) is 0 Å². The molecular weight excluding hydrogens is 360 g/mol. The number of anilines is 2. The normalized spacial score (nSPS) is 12.7. The molecule has 8 heteroatoms. The fraction of sp³-hybridized carbons (Fsp3) is 0.300. The molecule has 148 valence electrons. The number of carbonyl (C=O) groups is 2. The number of nitrogens with one attached hydrogen (secondary N) is 3. The Balaban J connectivity index is 2.01. The minimum Gasteiger partial charge on any atom is -0.326 e. The Morgan fingerprint density at radius 3 is 2.25 bits per heavy atom. The second-order valence-electron chi connectivity index (χ2n) is 6.57. The van der Waals surface area contributed by atoms with Gasteiger partial charge < -0.3 is 15.5 Å². The maximum absolute atomic E-state index is 12.4. The Morgan fingerprint density at radius 2 is 1.71 bits per heavy atom. The van der Waals surface area contributed by atoms with Crippen molar-refractivity contribution >= 4 is 28.9 Å². The summed E-state index contributed by atoms with van der Waals surface area (Å²) < 4.78 is 0. The highest BCUT2D eigenvalue weighted by Crippen LogP contribution is 2.17. The highest BCUT2D eigenvalue weighted by molar-refractivity contribution is 5.92. The van der Waals surface area contributed by atoms with Gasteiger partial charge in [0.2, 0.25) is 5.91 Å². The van der Waals surface area contributed by atoms with Crippen LogP contribution in [0.4, 0.5) is 17.1 Å². The van der Waals surface area contributed by atoms with Crippen molar-refractivity contribution in [3.05, 3.63) is 64.2 Å². The second-order valence-corrected chi connectivity index (χ2v) is 6.57. The fourth-order valence-corrected chi connectivity index (χ4v) is 2.98. The van der Waals surface area contributed by atoms with E-state index in [0.29, 0.717) is 17.9 Å². The molecular formula is C20H25N4O4+. The van der Waals surface area contributed by atoms with Gasteiger partial charge in [-0.15, -0.1) is 0 Å². The van der Waals surface area contributed by atoms with Gasteiger partial charge in [-0.2, -0.15) is 0 Å². The van der Waals surface area contributed by atoms with Crippen LogP contribution >= 0.6 is 0 Å². The smallest absolute Gasteiger partial charge is 0.279 e. The second kappa shape index (κ2) is 9.61. The van der Waals surface area contributed by atoms with Crippen LogP contribution in [0.2, 0.25) is 0 Å². The van der Waals surface area contributed by atoms with Crippen molar-refractivity contribution in [2.24, 2.45) is 0 Å². The summed E-state index contributed by atoms with van der Waals surface area (Å²) in [6, 6.07) is 13.3. The van der Waals surface area contributed by atoms with E-state index in [1.165, 1.54) is 13.0 Å². The molecule has 2 atom stereocenters. The first-order chi connectivity index (χ1) is 13.3. The summed E-state index contributed by atoms with van der Waals surface area (Å²) in [4.78, 5) is 35.1. The molecule has 0 saturated heterocycles. The van der Waals surface area contributed by atoms with Crippen LogP contribution in [0.3, 0.4) is 0 Å². The predicted octanol–water partition coefficient (Wildman–Crippen LogP) is 2.16. The van der Waals surface area contributed by atoms with E-state index in [9.17, 15) is 19.7 Å². The van der Waals surface area contributed by atoms with Crippen molar-refractivity contribution in [3.8, 4) is 0 Å². The van der Waals surface area contributed by atoms with E-state index in [1.54, 1.807) is 36.4 Å². The molecule has 0 aliphatic carbocycles. The van der Waals surface area contributed by atoms with E-state index in [2.05, 4.69) is 10.6 Å². The van der Waals surface area contributed by atoms with Gasteiger partial charge in [-0.05, 0) is 38.1 Å². The van der Waals surface area contributed by atoms with Crippen molar-refractivity contribution in [1.29, 1.82) is 0 Å². The van der Waals surface area contributed by atoms with Gasteiger partial charge >= 0.3 is 0 Å². The lowest BCUT2D eigenvalue weighted by molar-refractivity contribution is -0.920. The van der Waals surface area contributed by atoms with Gasteiger partial charge in [0.25, 0.3) is 11.6 Å². The minimum atomic E-state index is -0.417. The quantitative estimate of drug-likeness (QED) is 0.478. The first-order valence-electron chi connectivity index (χ1n) is 9.06. The Labute approximate surface area is 163 Å². The van der Waals surface area contributed by atoms with Crippen molar-refractivity contribution < 1.29 is 19.4 Å². The number of amides is 2. The Bertz CT molecular complexity index is 852. The molecule has 0 aliphatic rings. The molecule has 2 rings (SSSR count). The monoisotopic (exact) mass is 385 g/mol. The molecule has 2 amide bonds. The number of benzene rings is 2. The van der Waals surface area contributed by atoms with Crippen LogP contribution in [0.1, 0.15) is 32.4 Å². The number of hydrogen-bond acceptors (Lipinski definition) is 4. The third-order valence-corrected chi connectivity index (χ3v) is 4.52. The van der Waals surface area contributed by atoms with Gasteiger partial charge in [0, 0.05) is 36.0 Å². The maximum atomic E-state index is 12.4. The number of carbonyl (C=O) groups excluding carboxylic acids is 2. The first kappa shape index (κ1) is 21.0. The molecule has 0 spiro atoms. The molecule has 0 aromatic heterocycles. The fourth-order valence-electron chi connectivity index (χ4n) is 2.98. The molecule has 8 nitrogen and oxygen atoms in total. The predicted molar refractivity (Wildman–Crippen MR) is 107 cm³/mol. The highest BCUT2D eigenvalue weighted by atomic mass is 16.6. The Hall–Kier alpha value is -3.26. The highest BCUT2D eigenvalue weighted by Gasteiger charge is 2.22. The average Bonchev–Trinajstić information content (AvgIpc) is 2.66. The summed E-state index contributed by atoms with van der Waals surface area (Å²) in [6.45, 7) is 6.28. The maximum Gasteiger partial charge on any atom is 0.279 e. The summed E-state index contributed by atoms with van der Waals surface area (Å²) in [5.74, 6) is -0.310. The zero-order valence-electron chi connectivity index (χ0n) is 16.2. The van der Waals surface area contributed by atoms with Gasteiger partial charge in [-0.1, -0.05) is 12.1 Å². The van der Waals surface area contributed by atoms with Gasteiger partial charge in [0.15, 0.2) is 6.54 Å². The third-order valence-electron chi connectivity index (χ3n) is 4.52. The zero-order chi connectivity index (χ0) is 20.7. The number of hydrogen-bond donors (Lipinski definition) is 3. The molecule has 0 saturated carbocycles. The SMILES string of the molecule is CC[NH+](CC(=O)Nc1ccc(NC(C)=O)cc1)[C@@H](C)c1cccc([N+](=O)[O-])c1. The van der Waals surface area contributed by atoms with Crippen LogP contribution in [0, 0.1) is 10.1 Å². The van der Waals surface area contributed by atoms with E-state index < -0.39 is 4.92 Å². The topological polar surface area (TPSA) is 106 Å². The zero-order valence-corrected chi connectivity index (χ0v) is 16.2. The lowest BCUT2D eigenvalue weighted by Crippen LogP contribution is -3.12. The molecule has 3 N–H and O–H groups in total. The van der Waals surface area contributed by atoms with Crippen LogP contribution in [-0.2, 0) is 9.59 Å². The van der Waals surface area contributed by atoms with Gasteiger partial charge in [-0.3, -0.25) is 19.7 Å². The van der Waals surface area contributed by atoms with Gasteiger partial charge in [0.05, 0.1) is 11.5 Å². The molecule has 0 radical (unpaired) electrons. The number of nitro benzene ring substituents is 1. The number of likely N-dealkylation sites (N-methyl/N-ethyl adjacent to an activating group) is 1. The number of rotatable bonds is 8. The van der Waals surface area contributed by atoms with E-state index in [0.717, 1.165) is 10.5 Å². The van der Waals surface area contributed by atoms with Crippen LogP contribution in [-0.4, -0.2) is 29.8 Å². The molecule has 2 aromatic carbocycles. The summed E-state index contributed by atoms with van der Waals surface area (Å²) in [6.07, 6.45) is 0. The largest absolute Gasteiger partial charge is 0.326 e. The molecule has 0 bridgehead atoms. The average molecular weight is 385 g/mol. The van der Waals surface area contributed by atoms with Crippen LogP contribution in [0.5, 0.6) is 0 Å². The van der Waals surface area contributed by atoms with Crippen LogP contribution < -0.4 is 15.5 Å². The van der Waals surface area contributed by atoms with Gasteiger partial charge in [-0.25, -0.2) is 0 Å². The minimum absolute atomic E-state index is 0.0449. The molecule has 0 heterocycles. The van der Waals surface area contributed by atoms with E-state index in [1.807, 2.05) is 19.9 Å². The number of nitro groups is 1. The first-order valence-corrected chi connectivity index (χ1v) is 9.06. The summed E-state index contributed by atoms with van der Waals surface area (Å²) >= 11 is 0.